The van der Waals surface area contributed by atoms with Gasteiger partial charge in [-0.25, -0.2) is 9.37 Å². The first-order chi connectivity index (χ1) is 11.1. The van der Waals surface area contributed by atoms with Crippen LogP contribution in [-0.2, 0) is 11.2 Å². The van der Waals surface area contributed by atoms with Crippen LogP contribution in [0.25, 0.3) is 11.5 Å². The molecule has 1 N–H and O–H groups in total. The van der Waals surface area contributed by atoms with E-state index >= 15 is 0 Å². The molecule has 1 amide bonds. The fourth-order valence-electron chi connectivity index (χ4n) is 2.23. The molecule has 5 heteroatoms. The lowest BCUT2D eigenvalue weighted by Gasteiger charge is -2.07. The first kappa shape index (κ1) is 15.0. The van der Waals surface area contributed by atoms with E-state index in [9.17, 15) is 9.18 Å². The third-order valence-corrected chi connectivity index (χ3v) is 3.38. The first-order valence-electron chi connectivity index (χ1n) is 7.17. The van der Waals surface area contributed by atoms with Crippen molar-refractivity contribution < 1.29 is 13.6 Å². The van der Waals surface area contributed by atoms with Gasteiger partial charge >= 0.3 is 0 Å². The molecule has 3 aromatic rings. The van der Waals surface area contributed by atoms with Gasteiger partial charge in [-0.1, -0.05) is 18.2 Å². The van der Waals surface area contributed by atoms with Crippen molar-refractivity contribution in [2.24, 2.45) is 0 Å². The van der Waals surface area contributed by atoms with Gasteiger partial charge in [-0.2, -0.15) is 0 Å². The molecule has 2 aromatic carbocycles. The van der Waals surface area contributed by atoms with E-state index in [4.69, 9.17) is 4.42 Å². The van der Waals surface area contributed by atoms with Crippen LogP contribution >= 0.6 is 0 Å². The monoisotopic (exact) mass is 310 g/mol. The van der Waals surface area contributed by atoms with E-state index in [1.807, 2.05) is 30.3 Å². The molecule has 0 unspecified atom stereocenters. The van der Waals surface area contributed by atoms with Crippen molar-refractivity contribution in [3.05, 3.63) is 71.9 Å². The largest absolute Gasteiger partial charge is 0.444 e. The molecule has 1 aromatic heterocycles. The Balaban J connectivity index is 1.68. The molecule has 0 aliphatic rings. The number of benzene rings is 2. The number of nitrogens with zero attached hydrogens (tertiary/aromatic N) is 1. The summed E-state index contributed by atoms with van der Waals surface area (Å²) in [5.74, 6) is -0.0801. The second-order valence-corrected chi connectivity index (χ2v) is 5.19. The van der Waals surface area contributed by atoms with E-state index in [0.717, 1.165) is 5.56 Å². The van der Waals surface area contributed by atoms with Gasteiger partial charge in [0.2, 0.25) is 11.8 Å². The lowest BCUT2D eigenvalue weighted by Crippen LogP contribution is -2.15. The quantitative estimate of drug-likeness (QED) is 0.793. The van der Waals surface area contributed by atoms with Crippen LogP contribution in [0.1, 0.15) is 11.3 Å². The van der Waals surface area contributed by atoms with Crippen molar-refractivity contribution in [3.63, 3.8) is 0 Å². The Labute approximate surface area is 133 Å². The highest BCUT2D eigenvalue weighted by Crippen LogP contribution is 2.19. The zero-order chi connectivity index (χ0) is 16.2. The fraction of sp³-hybridized carbons (Fsp3) is 0.111. The standard InChI is InChI=1S/C18H15FN2O2/c1-12-9-14(19)7-8-16(12)21-17(22)10-15-11-23-18(20-15)13-5-3-2-4-6-13/h2-9,11H,10H2,1H3,(H,21,22). The van der Waals surface area contributed by atoms with Crippen LogP contribution in [0, 0.1) is 12.7 Å². The highest BCUT2D eigenvalue weighted by atomic mass is 19.1. The fourth-order valence-corrected chi connectivity index (χ4v) is 2.23. The van der Waals surface area contributed by atoms with Crippen molar-refractivity contribution in [2.75, 3.05) is 5.32 Å². The van der Waals surface area contributed by atoms with Gasteiger partial charge in [0.25, 0.3) is 0 Å². The van der Waals surface area contributed by atoms with Gasteiger partial charge in [0.1, 0.15) is 12.1 Å². The second kappa shape index (κ2) is 6.44. The van der Waals surface area contributed by atoms with Gasteiger partial charge < -0.3 is 9.73 Å². The zero-order valence-electron chi connectivity index (χ0n) is 12.5. The summed E-state index contributed by atoms with van der Waals surface area (Å²) in [6.07, 6.45) is 1.56. The lowest BCUT2D eigenvalue weighted by molar-refractivity contribution is -0.115. The molecule has 0 saturated carbocycles. The van der Waals surface area contributed by atoms with E-state index in [0.29, 0.717) is 22.8 Å². The minimum Gasteiger partial charge on any atom is -0.444 e. The Kier molecular flexibility index (Phi) is 4.19. The number of rotatable bonds is 4. The van der Waals surface area contributed by atoms with Crippen LogP contribution in [0.15, 0.2) is 59.2 Å². The van der Waals surface area contributed by atoms with Crippen molar-refractivity contribution >= 4 is 11.6 Å². The summed E-state index contributed by atoms with van der Waals surface area (Å²) in [6.45, 7) is 1.74. The molecular weight excluding hydrogens is 295 g/mol. The molecule has 0 bridgehead atoms. The maximum atomic E-state index is 13.1. The van der Waals surface area contributed by atoms with Gasteiger partial charge in [0, 0.05) is 11.3 Å². The summed E-state index contributed by atoms with van der Waals surface area (Å²) in [5.41, 5.74) is 2.65. The topological polar surface area (TPSA) is 55.1 Å². The van der Waals surface area contributed by atoms with Gasteiger partial charge in [-0.3, -0.25) is 4.79 Å². The maximum Gasteiger partial charge on any atom is 0.230 e. The first-order valence-corrected chi connectivity index (χ1v) is 7.17. The molecule has 23 heavy (non-hydrogen) atoms. The summed E-state index contributed by atoms with van der Waals surface area (Å²) < 4.78 is 18.5. The van der Waals surface area contributed by atoms with Gasteiger partial charge in [-0.15, -0.1) is 0 Å². The Morgan fingerprint density at radius 2 is 2.00 bits per heavy atom. The normalized spacial score (nSPS) is 10.5. The van der Waals surface area contributed by atoms with Crippen LogP contribution in [0.4, 0.5) is 10.1 Å². The third kappa shape index (κ3) is 3.63. The van der Waals surface area contributed by atoms with Crippen LogP contribution in [0.3, 0.4) is 0 Å². The van der Waals surface area contributed by atoms with Gasteiger partial charge in [0.15, 0.2) is 0 Å². The highest BCUT2D eigenvalue weighted by Gasteiger charge is 2.11. The molecule has 0 aliphatic carbocycles. The van der Waals surface area contributed by atoms with Crippen LogP contribution in [0.2, 0.25) is 0 Å². The molecule has 0 aliphatic heterocycles. The van der Waals surface area contributed by atoms with E-state index in [1.165, 1.54) is 18.4 Å². The van der Waals surface area contributed by atoms with E-state index in [-0.39, 0.29) is 18.1 Å². The average Bonchev–Trinajstić information content (AvgIpc) is 2.99. The average molecular weight is 310 g/mol. The van der Waals surface area contributed by atoms with E-state index in [1.54, 1.807) is 13.0 Å². The number of carbonyl (C=O) groups excluding carboxylic acids is 1. The molecule has 0 radical (unpaired) electrons. The number of aryl methyl sites for hydroxylation is 1. The molecular formula is C18H15FN2O2. The van der Waals surface area contributed by atoms with E-state index < -0.39 is 0 Å². The number of carbonyl (C=O) groups is 1. The zero-order valence-corrected chi connectivity index (χ0v) is 12.5. The molecule has 0 spiro atoms. The van der Waals surface area contributed by atoms with Crippen molar-refractivity contribution in [3.8, 4) is 11.5 Å². The summed E-state index contributed by atoms with van der Waals surface area (Å²) >= 11 is 0. The Morgan fingerprint density at radius 1 is 1.22 bits per heavy atom. The number of aromatic nitrogens is 1. The van der Waals surface area contributed by atoms with Crippen LogP contribution < -0.4 is 5.32 Å². The second-order valence-electron chi connectivity index (χ2n) is 5.19. The predicted molar refractivity (Wildman–Crippen MR) is 85.4 cm³/mol. The van der Waals surface area contributed by atoms with Crippen LogP contribution in [-0.4, -0.2) is 10.9 Å². The number of nitrogens with one attached hydrogen (secondary N) is 1. The summed E-state index contributed by atoms with van der Waals surface area (Å²) in [7, 11) is 0. The number of hydrogen-bond donors (Lipinski definition) is 1. The van der Waals surface area contributed by atoms with Crippen LogP contribution in [0.5, 0.6) is 0 Å². The van der Waals surface area contributed by atoms with Crippen molar-refractivity contribution in [2.45, 2.75) is 13.3 Å². The lowest BCUT2D eigenvalue weighted by atomic mass is 10.2. The van der Waals surface area contributed by atoms with Gasteiger partial charge in [-0.05, 0) is 42.8 Å². The molecule has 4 nitrogen and oxygen atoms in total. The van der Waals surface area contributed by atoms with Gasteiger partial charge in [0.05, 0.1) is 12.1 Å². The molecule has 0 saturated heterocycles. The Bertz CT molecular complexity index is 828. The smallest absolute Gasteiger partial charge is 0.230 e. The Hall–Kier alpha value is -2.95. The molecule has 0 atom stereocenters. The summed E-state index contributed by atoms with van der Waals surface area (Å²) in [4.78, 5) is 16.4. The number of anilines is 1. The van der Waals surface area contributed by atoms with Crippen molar-refractivity contribution in [1.82, 2.24) is 4.98 Å². The SMILES string of the molecule is Cc1cc(F)ccc1NC(=O)Cc1coc(-c2ccccc2)n1. The van der Waals surface area contributed by atoms with E-state index in [2.05, 4.69) is 10.3 Å². The number of halogens is 1. The molecule has 0 fully saturated rings. The number of oxazole rings is 1. The maximum absolute atomic E-state index is 13.1. The Morgan fingerprint density at radius 3 is 2.74 bits per heavy atom. The molecule has 1 heterocycles. The molecule has 3 rings (SSSR count). The highest BCUT2D eigenvalue weighted by molar-refractivity contribution is 5.92. The number of amides is 1. The minimum atomic E-state index is -0.329. The summed E-state index contributed by atoms with van der Waals surface area (Å²) in [5, 5.41) is 2.75. The summed E-state index contributed by atoms with van der Waals surface area (Å²) in [6, 6.07) is 13.7. The minimum absolute atomic E-state index is 0.0904. The number of hydrogen-bond acceptors (Lipinski definition) is 3. The predicted octanol–water partition coefficient (Wildman–Crippen LogP) is 3.97. The molecule has 116 valence electrons. The third-order valence-electron chi connectivity index (χ3n) is 3.38. The van der Waals surface area contributed by atoms with Crippen molar-refractivity contribution in [1.29, 1.82) is 0 Å².